The molecule has 5 nitrogen and oxygen atoms in total. The second kappa shape index (κ2) is 9.68. The minimum absolute atomic E-state index is 0.211. The fourth-order valence-corrected chi connectivity index (χ4v) is 6.41. The van der Waals surface area contributed by atoms with E-state index < -0.39 is 10.7 Å². The molecular weight excluding hydrogens is 509 g/mol. The van der Waals surface area contributed by atoms with E-state index in [0.717, 1.165) is 9.60 Å². The highest BCUT2D eigenvalue weighted by molar-refractivity contribution is 8.15. The summed E-state index contributed by atoms with van der Waals surface area (Å²) in [5.41, 5.74) is 0.798. The van der Waals surface area contributed by atoms with Crippen LogP contribution in [-0.4, -0.2) is 16.0 Å². The quantitative estimate of drug-likeness (QED) is 0.277. The number of amides is 2. The van der Waals surface area contributed by atoms with Crippen LogP contribution in [0.3, 0.4) is 0 Å². The molecule has 4 aromatic rings. The highest BCUT2D eigenvalue weighted by Gasteiger charge is 2.12. The second-order valence-corrected chi connectivity index (χ2v) is 11.2. The van der Waals surface area contributed by atoms with Crippen LogP contribution in [0.15, 0.2) is 69.8 Å². The van der Waals surface area contributed by atoms with E-state index >= 15 is 0 Å². The minimum Gasteiger partial charge on any atom is -0.307 e. The van der Waals surface area contributed by atoms with Crippen molar-refractivity contribution in [2.45, 2.75) is 11.1 Å². The van der Waals surface area contributed by atoms with Crippen LogP contribution in [0.25, 0.3) is 16.5 Å². The van der Waals surface area contributed by atoms with Gasteiger partial charge in [0.1, 0.15) is 0 Å². The number of carbonyl (C=O) groups is 1. The zero-order valence-corrected chi connectivity index (χ0v) is 20.5. The summed E-state index contributed by atoms with van der Waals surface area (Å²) in [6, 6.07) is 15.2. The van der Waals surface area contributed by atoms with Gasteiger partial charge in [0.25, 0.3) is 5.56 Å². The predicted octanol–water partition coefficient (Wildman–Crippen LogP) is 7.20. The Morgan fingerprint density at radius 3 is 2.56 bits per heavy atom. The lowest BCUT2D eigenvalue weighted by atomic mass is 10.1. The van der Waals surface area contributed by atoms with Gasteiger partial charge in [-0.3, -0.25) is 14.1 Å². The van der Waals surface area contributed by atoms with Gasteiger partial charge in [0.2, 0.25) is 0 Å². The average molecular weight is 525 g/mol. The Labute approximate surface area is 205 Å². The van der Waals surface area contributed by atoms with Gasteiger partial charge >= 0.3 is 6.03 Å². The van der Waals surface area contributed by atoms with Gasteiger partial charge in [0.05, 0.1) is 19.3 Å². The number of nitrogens with one attached hydrogen (secondary N) is 2. The lowest BCUT2D eigenvalue weighted by molar-refractivity contribution is 0.257. The fraction of sp³-hybridized carbons (Fsp3) is 0.0455. The summed E-state index contributed by atoms with van der Waals surface area (Å²) in [4.78, 5) is 25.4. The summed E-state index contributed by atoms with van der Waals surface area (Å²) in [7, 11) is -0.576. The molecule has 164 valence electrons. The Balaban J connectivity index is 1.55. The molecule has 0 bridgehead atoms. The number of fused-ring (bicyclic) bond motifs is 1. The molecule has 4 rings (SSSR count). The molecular formula is C22H16Cl3N3O2S2. The van der Waals surface area contributed by atoms with E-state index in [1.807, 2.05) is 18.4 Å². The van der Waals surface area contributed by atoms with E-state index in [0.29, 0.717) is 31.1 Å². The number of aromatic nitrogens is 1. The number of nitrogens with zero attached hydrogens (tertiary/aromatic N) is 1. The number of hydrogen-bond acceptors (Lipinski definition) is 3. The highest BCUT2D eigenvalue weighted by atomic mass is 35.5. The third-order valence-electron chi connectivity index (χ3n) is 4.53. The van der Waals surface area contributed by atoms with Crippen molar-refractivity contribution in [2.75, 3.05) is 5.32 Å². The number of anilines is 1. The molecule has 32 heavy (non-hydrogen) atoms. The molecule has 2 aromatic carbocycles. The van der Waals surface area contributed by atoms with Gasteiger partial charge in [-0.15, -0.1) is 11.3 Å². The average Bonchev–Trinajstić information content (AvgIpc) is 3.19. The number of halogens is 3. The lowest BCUT2D eigenvalue weighted by Gasteiger charge is -2.13. The van der Waals surface area contributed by atoms with Crippen molar-refractivity contribution in [3.63, 3.8) is 0 Å². The van der Waals surface area contributed by atoms with Crippen LogP contribution >= 0.6 is 56.8 Å². The van der Waals surface area contributed by atoms with Gasteiger partial charge in [-0.2, -0.15) is 0 Å². The maximum Gasteiger partial charge on any atom is 0.329 e. The molecule has 0 spiro atoms. The van der Waals surface area contributed by atoms with Crippen LogP contribution in [0, 0.1) is 0 Å². The van der Waals surface area contributed by atoms with Crippen LogP contribution < -0.4 is 15.6 Å². The van der Waals surface area contributed by atoms with Crippen LogP contribution in [-0.2, 0) is 0 Å². The smallest absolute Gasteiger partial charge is 0.307 e. The SMILES string of the molecule is C/C=S(\NC(=O)Nc1ccc(-n2ccc3cc(Cl)ccc3c2=O)c(Cl)c1)c1ccc(Cl)s1. The van der Waals surface area contributed by atoms with E-state index in [1.165, 1.54) is 15.9 Å². The van der Waals surface area contributed by atoms with Crippen molar-refractivity contribution in [3.8, 4) is 5.69 Å². The normalized spacial score (nSPS) is 12.1. The third-order valence-corrected chi connectivity index (χ3v) is 8.33. The van der Waals surface area contributed by atoms with Gasteiger partial charge in [-0.25, -0.2) is 4.79 Å². The van der Waals surface area contributed by atoms with E-state index in [1.54, 1.807) is 54.7 Å². The monoisotopic (exact) mass is 523 g/mol. The molecule has 2 amide bonds. The fourth-order valence-electron chi connectivity index (χ4n) is 3.09. The molecule has 0 saturated carbocycles. The van der Waals surface area contributed by atoms with Crippen molar-refractivity contribution < 1.29 is 4.79 Å². The van der Waals surface area contributed by atoms with E-state index in [4.69, 9.17) is 34.8 Å². The number of rotatable bonds is 4. The lowest BCUT2D eigenvalue weighted by Crippen LogP contribution is -2.24. The largest absolute Gasteiger partial charge is 0.329 e. The topological polar surface area (TPSA) is 63.1 Å². The zero-order chi connectivity index (χ0) is 22.8. The standard InChI is InChI=1S/C22H16Cl3N3O2S2/c1-2-32(20-8-7-19(25)31-20)27-22(30)26-15-4-6-18(17(24)12-15)28-10-9-13-11-14(23)3-5-16(13)21(28)29/h2-12H,1H3,(H2,26,27,30). The van der Waals surface area contributed by atoms with E-state index in [-0.39, 0.29) is 11.6 Å². The summed E-state index contributed by atoms with van der Waals surface area (Å²) < 4.78 is 5.99. The number of benzene rings is 2. The van der Waals surface area contributed by atoms with Crippen LogP contribution in [0.5, 0.6) is 0 Å². The van der Waals surface area contributed by atoms with Gasteiger partial charge < -0.3 is 5.32 Å². The molecule has 0 aliphatic heterocycles. The number of urea groups is 1. The molecule has 10 heteroatoms. The molecule has 0 radical (unpaired) electrons. The Bertz CT molecular complexity index is 1430. The van der Waals surface area contributed by atoms with Gasteiger partial charge in [0.15, 0.2) is 0 Å². The van der Waals surface area contributed by atoms with Crippen molar-refractivity contribution in [1.82, 2.24) is 9.29 Å². The van der Waals surface area contributed by atoms with Gasteiger partial charge in [-0.1, -0.05) is 45.5 Å². The Morgan fingerprint density at radius 2 is 1.88 bits per heavy atom. The predicted molar refractivity (Wildman–Crippen MR) is 139 cm³/mol. The first kappa shape index (κ1) is 22.9. The highest BCUT2D eigenvalue weighted by Crippen LogP contribution is 2.33. The summed E-state index contributed by atoms with van der Waals surface area (Å²) in [5, 5.41) is 6.84. The number of thiophene rings is 1. The van der Waals surface area contributed by atoms with Crippen LogP contribution in [0.2, 0.25) is 14.4 Å². The molecule has 0 aliphatic rings. The van der Waals surface area contributed by atoms with Crippen LogP contribution in [0.4, 0.5) is 10.5 Å². The molecule has 1 atom stereocenters. The first-order chi connectivity index (χ1) is 15.4. The summed E-state index contributed by atoms with van der Waals surface area (Å²) in [6.07, 6.45) is 1.65. The van der Waals surface area contributed by atoms with E-state index in [9.17, 15) is 9.59 Å². The van der Waals surface area contributed by atoms with E-state index in [2.05, 4.69) is 10.0 Å². The van der Waals surface area contributed by atoms with Crippen molar-refractivity contribution in [3.05, 3.63) is 85.5 Å². The Kier molecular flexibility index (Phi) is 6.93. The van der Waals surface area contributed by atoms with Crippen molar-refractivity contribution >= 4 is 84.7 Å². The molecule has 2 N–H and O–H groups in total. The summed E-state index contributed by atoms with van der Waals surface area (Å²) >= 11 is 19.9. The number of carbonyl (C=O) groups excluding carboxylic acids is 1. The maximum absolute atomic E-state index is 12.9. The third kappa shape index (κ3) is 4.87. The summed E-state index contributed by atoms with van der Waals surface area (Å²) in [6.45, 7) is 1.87. The number of pyridine rings is 1. The van der Waals surface area contributed by atoms with Crippen molar-refractivity contribution in [1.29, 1.82) is 0 Å². The maximum atomic E-state index is 12.9. The van der Waals surface area contributed by atoms with Crippen LogP contribution in [0.1, 0.15) is 6.92 Å². The summed E-state index contributed by atoms with van der Waals surface area (Å²) in [5.74, 6) is 0. The van der Waals surface area contributed by atoms with Gasteiger partial charge in [0, 0.05) is 22.3 Å². The second-order valence-electron chi connectivity index (χ2n) is 6.58. The molecule has 1 unspecified atom stereocenters. The van der Waals surface area contributed by atoms with Gasteiger partial charge in [-0.05, 0) is 72.3 Å². The first-order valence-corrected chi connectivity index (χ1v) is 12.6. The van der Waals surface area contributed by atoms with Crippen molar-refractivity contribution in [2.24, 2.45) is 0 Å². The zero-order valence-electron chi connectivity index (χ0n) is 16.6. The molecule has 2 heterocycles. The Hall–Kier alpha value is -2.29. The molecule has 0 saturated heterocycles. The molecule has 0 fully saturated rings. The number of hydrogen-bond donors (Lipinski definition) is 2. The first-order valence-electron chi connectivity index (χ1n) is 9.32. The molecule has 0 aliphatic carbocycles. The minimum atomic E-state index is -0.576. The molecule has 2 aromatic heterocycles. The Morgan fingerprint density at radius 1 is 1.06 bits per heavy atom.